The third kappa shape index (κ3) is 9.16. The van der Waals surface area contributed by atoms with Gasteiger partial charge in [-0.3, -0.25) is 14.4 Å². The quantitative estimate of drug-likeness (QED) is 0.106. The first kappa shape index (κ1) is 42.3. The van der Waals surface area contributed by atoms with Gasteiger partial charge in [0.25, 0.3) is 27.7 Å². The number of aromatic nitrogens is 2. The largest absolute Gasteiger partial charge is 0.394 e. The Bertz CT molecular complexity index is 2640. The maximum absolute atomic E-state index is 15.0. The summed E-state index contributed by atoms with van der Waals surface area (Å²) >= 11 is 6.37. The van der Waals surface area contributed by atoms with Crippen LogP contribution in [0.2, 0.25) is 5.02 Å². The normalized spacial score (nSPS) is 13.9. The second kappa shape index (κ2) is 18.6. The lowest BCUT2D eigenvalue weighted by Gasteiger charge is -2.36. The molecule has 1 aliphatic rings. The van der Waals surface area contributed by atoms with Crippen molar-refractivity contribution in [1.82, 2.24) is 24.1 Å². The summed E-state index contributed by atoms with van der Waals surface area (Å²) in [5.74, 6) is -1.34. The second-order valence-electron chi connectivity index (χ2n) is 15.1. The molecule has 60 heavy (non-hydrogen) atoms. The number of aliphatic hydroxyl groups is 1. The van der Waals surface area contributed by atoms with Gasteiger partial charge in [0.05, 0.1) is 23.1 Å². The number of carbonyl (C=O) groups is 3. The highest BCUT2D eigenvalue weighted by molar-refractivity contribution is 7.90. The SMILES string of the molecule is CCCCN(CCCC)C(=O)c1cn(Cc2ccccc2)c(-c2ccc(C(=O)NS(=O)(=O)c3ccc4cccc(Cl)c4c3)cc2C(=O)N2Cc3ccccc3C[C@H]2CO)n1. The van der Waals surface area contributed by atoms with Gasteiger partial charge in [-0.2, -0.15) is 0 Å². The topological polar surface area (TPSA) is 142 Å². The molecule has 5 aromatic carbocycles. The Morgan fingerprint density at radius 3 is 2.30 bits per heavy atom. The summed E-state index contributed by atoms with van der Waals surface area (Å²) in [6.07, 6.45) is 5.63. The van der Waals surface area contributed by atoms with Gasteiger partial charge in [0.2, 0.25) is 0 Å². The number of aliphatic hydroxyl groups excluding tert-OH is 1. The summed E-state index contributed by atoms with van der Waals surface area (Å²) in [6, 6.07) is 30.8. The van der Waals surface area contributed by atoms with Crippen LogP contribution in [0.1, 0.15) is 87.4 Å². The highest BCUT2D eigenvalue weighted by atomic mass is 35.5. The summed E-state index contributed by atoms with van der Waals surface area (Å²) in [7, 11) is -4.39. The Morgan fingerprint density at radius 1 is 0.867 bits per heavy atom. The molecule has 310 valence electrons. The van der Waals surface area contributed by atoms with Crippen LogP contribution in [-0.4, -0.2) is 76.3 Å². The number of hydrogen-bond acceptors (Lipinski definition) is 7. The molecule has 0 saturated heterocycles. The smallest absolute Gasteiger partial charge is 0.274 e. The van der Waals surface area contributed by atoms with E-state index in [1.54, 1.807) is 41.4 Å². The fraction of sp³-hybridized carbons (Fsp3) is 0.277. The maximum atomic E-state index is 15.0. The van der Waals surface area contributed by atoms with Crippen LogP contribution in [0.3, 0.4) is 0 Å². The van der Waals surface area contributed by atoms with Crippen molar-refractivity contribution in [2.24, 2.45) is 0 Å². The van der Waals surface area contributed by atoms with E-state index in [-0.39, 0.29) is 40.8 Å². The molecule has 1 atom stereocenters. The lowest BCUT2D eigenvalue weighted by molar-refractivity contribution is 0.0544. The monoisotopic (exact) mass is 845 g/mol. The lowest BCUT2D eigenvalue weighted by Crippen LogP contribution is -2.46. The number of sulfonamides is 1. The summed E-state index contributed by atoms with van der Waals surface area (Å²) in [4.78, 5) is 51.3. The minimum absolute atomic E-state index is 0.0584. The zero-order valence-electron chi connectivity index (χ0n) is 33.7. The van der Waals surface area contributed by atoms with Gasteiger partial charge in [0, 0.05) is 53.9 Å². The molecule has 6 aromatic rings. The van der Waals surface area contributed by atoms with Crippen molar-refractivity contribution >= 4 is 50.1 Å². The van der Waals surface area contributed by atoms with Gasteiger partial charge in [-0.25, -0.2) is 18.1 Å². The van der Waals surface area contributed by atoms with Crippen molar-refractivity contribution in [3.8, 4) is 11.4 Å². The van der Waals surface area contributed by atoms with Crippen LogP contribution >= 0.6 is 11.6 Å². The molecular weight excluding hydrogens is 798 g/mol. The number of unbranched alkanes of at least 4 members (excludes halogenated alkanes) is 2. The van der Waals surface area contributed by atoms with Crippen molar-refractivity contribution < 1.29 is 27.9 Å². The zero-order valence-corrected chi connectivity index (χ0v) is 35.3. The van der Waals surface area contributed by atoms with Crippen molar-refractivity contribution in [3.63, 3.8) is 0 Å². The van der Waals surface area contributed by atoms with E-state index in [1.165, 1.54) is 24.3 Å². The minimum Gasteiger partial charge on any atom is -0.394 e. The van der Waals surface area contributed by atoms with Crippen LogP contribution in [-0.2, 0) is 29.5 Å². The Morgan fingerprint density at radius 2 is 1.58 bits per heavy atom. The van der Waals surface area contributed by atoms with Gasteiger partial charge in [-0.15, -0.1) is 0 Å². The van der Waals surface area contributed by atoms with Gasteiger partial charge >= 0.3 is 0 Å². The average Bonchev–Trinajstić information content (AvgIpc) is 3.68. The summed E-state index contributed by atoms with van der Waals surface area (Å²) < 4.78 is 31.3. The van der Waals surface area contributed by atoms with E-state index >= 15 is 4.79 Å². The van der Waals surface area contributed by atoms with E-state index in [0.717, 1.165) is 47.8 Å². The number of imidazole rings is 1. The molecule has 0 aliphatic carbocycles. The van der Waals surface area contributed by atoms with Gasteiger partial charge in [-0.1, -0.05) is 111 Å². The summed E-state index contributed by atoms with van der Waals surface area (Å²) in [5, 5.41) is 12.2. The summed E-state index contributed by atoms with van der Waals surface area (Å²) in [5.41, 5.74) is 3.39. The highest BCUT2D eigenvalue weighted by Crippen LogP contribution is 2.32. The molecule has 11 nitrogen and oxygen atoms in total. The molecule has 1 aromatic heterocycles. The molecule has 0 radical (unpaired) electrons. The number of carbonyl (C=O) groups excluding carboxylic acids is 3. The molecule has 7 rings (SSSR count). The molecule has 2 N–H and O–H groups in total. The minimum atomic E-state index is -4.39. The fourth-order valence-electron chi connectivity index (χ4n) is 7.63. The molecule has 0 unspecified atom stereocenters. The summed E-state index contributed by atoms with van der Waals surface area (Å²) in [6.45, 7) is 5.53. The number of rotatable bonds is 15. The maximum Gasteiger partial charge on any atom is 0.274 e. The number of benzene rings is 5. The predicted molar refractivity (Wildman–Crippen MR) is 233 cm³/mol. The molecule has 2 heterocycles. The number of nitrogens with zero attached hydrogens (tertiary/aromatic N) is 4. The molecule has 1 aliphatic heterocycles. The second-order valence-corrected chi connectivity index (χ2v) is 17.2. The standard InChI is InChI=1S/C47H48ClN5O6S/c1-3-5-23-51(24-6-4-2)47(57)43-30-52(28-32-13-8-7-9-14-32)44(49-43)39-22-20-35(26-41(39)46(56)53-29-36-16-11-10-15-34(36)25-37(53)31-54)45(55)50-60(58,59)38-21-19-33-17-12-18-42(48)40(33)27-38/h7-22,26-27,30,37,54H,3-6,23-25,28-29,31H2,1-2H3,(H,50,55)/t37-/m0/s1. The highest BCUT2D eigenvalue weighted by Gasteiger charge is 2.33. The van der Waals surface area contributed by atoms with Crippen molar-refractivity contribution in [2.45, 2.75) is 70.0 Å². The van der Waals surface area contributed by atoms with Crippen LogP contribution in [0, 0.1) is 0 Å². The molecule has 0 saturated carbocycles. The molecule has 0 spiro atoms. The first-order valence-corrected chi connectivity index (χ1v) is 22.2. The number of nitrogens with one attached hydrogen (secondary N) is 1. The van der Waals surface area contributed by atoms with Crippen molar-refractivity contribution in [3.05, 3.63) is 154 Å². The molecular formula is C47H48ClN5O6S. The first-order chi connectivity index (χ1) is 29.0. The molecule has 0 bridgehead atoms. The van der Waals surface area contributed by atoms with Crippen LogP contribution in [0.4, 0.5) is 0 Å². The number of amides is 3. The van der Waals surface area contributed by atoms with Gasteiger partial charge in [-0.05, 0) is 77.7 Å². The van der Waals surface area contributed by atoms with Crippen LogP contribution < -0.4 is 4.72 Å². The Labute approximate surface area is 355 Å². The van der Waals surface area contributed by atoms with Crippen LogP contribution in [0.5, 0.6) is 0 Å². The molecule has 3 amide bonds. The van der Waals surface area contributed by atoms with Gasteiger partial charge in [0.1, 0.15) is 11.5 Å². The number of fused-ring (bicyclic) bond motifs is 2. The fourth-order valence-corrected chi connectivity index (χ4v) is 8.87. The molecule has 13 heteroatoms. The van der Waals surface area contributed by atoms with Crippen molar-refractivity contribution in [2.75, 3.05) is 19.7 Å². The van der Waals surface area contributed by atoms with Gasteiger partial charge in [0.15, 0.2) is 0 Å². The number of hydrogen-bond donors (Lipinski definition) is 2. The van der Waals surface area contributed by atoms with Gasteiger partial charge < -0.3 is 19.5 Å². The predicted octanol–water partition coefficient (Wildman–Crippen LogP) is 8.13. The average molecular weight is 846 g/mol. The van der Waals surface area contributed by atoms with Crippen LogP contribution in [0.15, 0.2) is 120 Å². The first-order valence-electron chi connectivity index (χ1n) is 20.3. The third-order valence-corrected chi connectivity index (χ3v) is 12.6. The third-order valence-electron chi connectivity index (χ3n) is 11.0. The Hall–Kier alpha value is -5.82. The van der Waals surface area contributed by atoms with E-state index < -0.39 is 27.9 Å². The molecule has 0 fully saturated rings. The number of halogens is 1. The van der Waals surface area contributed by atoms with Crippen molar-refractivity contribution in [1.29, 1.82) is 0 Å². The van der Waals surface area contributed by atoms with E-state index in [1.807, 2.05) is 64.1 Å². The van der Waals surface area contributed by atoms with E-state index in [0.29, 0.717) is 47.9 Å². The van der Waals surface area contributed by atoms with E-state index in [2.05, 4.69) is 18.6 Å². The zero-order chi connectivity index (χ0) is 42.4. The van der Waals surface area contributed by atoms with E-state index in [9.17, 15) is 23.1 Å². The Balaban J connectivity index is 1.33. The Kier molecular flexibility index (Phi) is 13.1. The lowest BCUT2D eigenvalue weighted by atomic mass is 9.92. The van der Waals surface area contributed by atoms with Crippen LogP contribution in [0.25, 0.3) is 22.2 Å². The van der Waals surface area contributed by atoms with E-state index in [4.69, 9.17) is 16.6 Å².